The second kappa shape index (κ2) is 8.86. The van der Waals surface area contributed by atoms with Gasteiger partial charge in [0.25, 0.3) is 0 Å². The second-order valence-electron chi connectivity index (χ2n) is 7.20. The average molecular weight is 390 g/mol. The summed E-state index contributed by atoms with van der Waals surface area (Å²) in [6.07, 6.45) is 0.184. The molecule has 0 unspecified atom stereocenters. The molecule has 0 radical (unpaired) electrons. The van der Waals surface area contributed by atoms with Gasteiger partial charge in [0.1, 0.15) is 6.04 Å². The molecule has 3 rings (SSSR count). The lowest BCUT2D eigenvalue weighted by molar-refractivity contribution is -0.152. The average Bonchev–Trinajstić information content (AvgIpc) is 2.74. The van der Waals surface area contributed by atoms with E-state index >= 15 is 0 Å². The smallest absolute Gasteiger partial charge is 0.328 e. The largest absolute Gasteiger partial charge is 0.467 e. The Balaban J connectivity index is 1.94. The molecule has 1 aromatic heterocycles. The van der Waals surface area contributed by atoms with E-state index < -0.39 is 12.0 Å². The summed E-state index contributed by atoms with van der Waals surface area (Å²) in [6, 6.07) is 16.9. The minimum Gasteiger partial charge on any atom is -0.467 e. The summed E-state index contributed by atoms with van der Waals surface area (Å²) in [5, 5.41) is 1.04. The van der Waals surface area contributed by atoms with Crippen LogP contribution < -0.4 is 0 Å². The van der Waals surface area contributed by atoms with Gasteiger partial charge in [-0.2, -0.15) is 0 Å². The van der Waals surface area contributed by atoms with Crippen LogP contribution >= 0.6 is 0 Å². The van der Waals surface area contributed by atoms with Crippen LogP contribution in [-0.2, 0) is 27.3 Å². The first-order valence-corrected chi connectivity index (χ1v) is 9.68. The molecule has 29 heavy (non-hydrogen) atoms. The number of hydrogen-bond acceptors (Lipinski definition) is 4. The third-order valence-electron chi connectivity index (χ3n) is 5.34. The zero-order valence-electron chi connectivity index (χ0n) is 17.3. The first-order chi connectivity index (χ1) is 13.9. The van der Waals surface area contributed by atoms with Crippen LogP contribution in [0.25, 0.3) is 10.9 Å². The molecule has 0 aliphatic rings. The number of pyridine rings is 1. The van der Waals surface area contributed by atoms with Crippen molar-refractivity contribution in [3.05, 3.63) is 77.0 Å². The Morgan fingerprint density at radius 3 is 2.38 bits per heavy atom. The van der Waals surface area contributed by atoms with Crippen LogP contribution in [0.3, 0.4) is 0 Å². The molecule has 0 aliphatic heterocycles. The van der Waals surface area contributed by atoms with Gasteiger partial charge in [-0.3, -0.25) is 9.78 Å². The first kappa shape index (κ1) is 20.5. The molecular formula is C24H26N2O3. The van der Waals surface area contributed by atoms with Crippen molar-refractivity contribution in [2.45, 2.75) is 39.8 Å². The maximum Gasteiger partial charge on any atom is 0.328 e. The highest BCUT2D eigenvalue weighted by atomic mass is 16.5. The number of nitrogens with zero attached hydrogens (tertiary/aromatic N) is 2. The van der Waals surface area contributed by atoms with Gasteiger partial charge in [-0.25, -0.2) is 4.79 Å². The Morgan fingerprint density at radius 2 is 1.69 bits per heavy atom. The summed E-state index contributed by atoms with van der Waals surface area (Å²) in [5.74, 6) is -0.561. The molecule has 0 spiro atoms. The van der Waals surface area contributed by atoms with Crippen LogP contribution in [-0.4, -0.2) is 34.9 Å². The quantitative estimate of drug-likeness (QED) is 0.597. The predicted octanol–water partition coefficient (Wildman–Crippen LogP) is 3.98. The van der Waals surface area contributed by atoms with Crippen molar-refractivity contribution in [3.63, 3.8) is 0 Å². The molecule has 0 fully saturated rings. The van der Waals surface area contributed by atoms with E-state index in [9.17, 15) is 9.59 Å². The van der Waals surface area contributed by atoms with E-state index in [4.69, 9.17) is 4.74 Å². The van der Waals surface area contributed by atoms with Gasteiger partial charge in [0, 0.05) is 17.6 Å². The minimum absolute atomic E-state index is 0.130. The predicted molar refractivity (Wildman–Crippen MR) is 113 cm³/mol. The molecule has 0 aliphatic carbocycles. The van der Waals surface area contributed by atoms with Crippen molar-refractivity contribution in [2.24, 2.45) is 0 Å². The number of rotatable bonds is 6. The Hall–Kier alpha value is -3.21. The molecule has 2 aromatic carbocycles. The zero-order chi connectivity index (χ0) is 21.0. The number of carbonyl (C=O) groups excluding carboxylic acids is 2. The summed E-state index contributed by atoms with van der Waals surface area (Å²) in [7, 11) is 1.34. The lowest BCUT2D eigenvalue weighted by Gasteiger charge is -2.28. The summed E-state index contributed by atoms with van der Waals surface area (Å²) < 4.78 is 4.89. The van der Waals surface area contributed by atoms with Gasteiger partial charge in [-0.1, -0.05) is 48.5 Å². The first-order valence-electron chi connectivity index (χ1n) is 9.68. The van der Waals surface area contributed by atoms with Gasteiger partial charge in [-0.05, 0) is 43.5 Å². The number of carbonyl (C=O) groups is 2. The third kappa shape index (κ3) is 4.45. The van der Waals surface area contributed by atoms with Crippen molar-refractivity contribution < 1.29 is 14.3 Å². The van der Waals surface area contributed by atoms with Gasteiger partial charge in [0.05, 0.1) is 19.0 Å². The van der Waals surface area contributed by atoms with Gasteiger partial charge >= 0.3 is 5.97 Å². The van der Waals surface area contributed by atoms with Gasteiger partial charge in [-0.15, -0.1) is 0 Å². The van der Waals surface area contributed by atoms with Gasteiger partial charge in [0.2, 0.25) is 5.91 Å². The monoisotopic (exact) mass is 390 g/mol. The number of benzene rings is 2. The molecule has 1 amide bonds. The number of hydrogen-bond donors (Lipinski definition) is 0. The topological polar surface area (TPSA) is 59.5 Å². The number of para-hydroxylation sites is 1. The zero-order valence-corrected chi connectivity index (χ0v) is 17.3. The molecule has 1 heterocycles. The highest BCUT2D eigenvalue weighted by Gasteiger charge is 2.27. The standard InChI is InChI=1S/C24H26N2O3/c1-16-20-12-8-9-13-22(20)25-17(2)21(16)14-23(27)26(18(3)24(28)29-4)15-19-10-6-5-7-11-19/h5-13,18H,14-15H2,1-4H3/t18-/m0/s1. The van der Waals surface area contributed by atoms with E-state index in [1.807, 2.05) is 68.4 Å². The number of methoxy groups -OCH3 is 1. The Labute approximate surface area is 171 Å². The third-order valence-corrected chi connectivity index (χ3v) is 5.34. The van der Waals surface area contributed by atoms with Crippen molar-refractivity contribution >= 4 is 22.8 Å². The molecule has 0 saturated carbocycles. The van der Waals surface area contributed by atoms with Crippen molar-refractivity contribution in [3.8, 4) is 0 Å². The number of aryl methyl sites for hydroxylation is 2. The fraction of sp³-hybridized carbons (Fsp3) is 0.292. The molecule has 5 heteroatoms. The molecule has 3 aromatic rings. The van der Waals surface area contributed by atoms with Gasteiger partial charge in [0.15, 0.2) is 0 Å². The molecule has 0 N–H and O–H groups in total. The van der Waals surface area contributed by atoms with E-state index in [-0.39, 0.29) is 12.3 Å². The summed E-state index contributed by atoms with van der Waals surface area (Å²) in [6.45, 7) is 5.98. The van der Waals surface area contributed by atoms with E-state index in [1.54, 1.807) is 11.8 Å². The maximum atomic E-state index is 13.3. The normalized spacial score (nSPS) is 11.9. The van der Waals surface area contributed by atoms with Crippen LogP contribution in [0.5, 0.6) is 0 Å². The number of amides is 1. The number of esters is 1. The van der Waals surface area contributed by atoms with Crippen molar-refractivity contribution in [2.75, 3.05) is 7.11 Å². The van der Waals surface area contributed by atoms with Crippen LogP contribution in [0.4, 0.5) is 0 Å². The maximum absolute atomic E-state index is 13.3. The van der Waals surface area contributed by atoms with Crippen LogP contribution in [0.2, 0.25) is 0 Å². The lowest BCUT2D eigenvalue weighted by Crippen LogP contribution is -2.44. The molecule has 0 bridgehead atoms. The highest BCUT2D eigenvalue weighted by molar-refractivity contribution is 5.88. The summed E-state index contributed by atoms with van der Waals surface area (Å²) in [5.41, 5.74) is 4.67. The Bertz CT molecular complexity index is 1030. The highest BCUT2D eigenvalue weighted by Crippen LogP contribution is 2.24. The number of fused-ring (bicyclic) bond motifs is 1. The molecule has 0 saturated heterocycles. The molecule has 5 nitrogen and oxygen atoms in total. The Morgan fingerprint density at radius 1 is 1.03 bits per heavy atom. The second-order valence-corrected chi connectivity index (χ2v) is 7.20. The van der Waals surface area contributed by atoms with Crippen LogP contribution in [0.15, 0.2) is 54.6 Å². The molecule has 1 atom stereocenters. The van der Waals surface area contributed by atoms with Crippen molar-refractivity contribution in [1.82, 2.24) is 9.88 Å². The van der Waals surface area contributed by atoms with E-state index in [2.05, 4.69) is 4.98 Å². The lowest BCUT2D eigenvalue weighted by atomic mass is 9.98. The Kier molecular flexibility index (Phi) is 6.27. The number of ether oxygens (including phenoxy) is 1. The minimum atomic E-state index is -0.679. The van der Waals surface area contributed by atoms with E-state index in [1.165, 1.54) is 7.11 Å². The van der Waals surface area contributed by atoms with E-state index in [0.717, 1.165) is 33.3 Å². The number of aromatic nitrogens is 1. The fourth-order valence-electron chi connectivity index (χ4n) is 3.60. The summed E-state index contributed by atoms with van der Waals surface area (Å²) in [4.78, 5) is 31.7. The van der Waals surface area contributed by atoms with Crippen LogP contribution in [0, 0.1) is 13.8 Å². The van der Waals surface area contributed by atoms with Gasteiger partial charge < -0.3 is 9.64 Å². The molecule has 150 valence electrons. The van der Waals surface area contributed by atoms with E-state index in [0.29, 0.717) is 6.54 Å². The summed E-state index contributed by atoms with van der Waals surface area (Å²) >= 11 is 0. The fourth-order valence-corrected chi connectivity index (χ4v) is 3.60. The van der Waals surface area contributed by atoms with Crippen LogP contribution in [0.1, 0.15) is 29.3 Å². The van der Waals surface area contributed by atoms with Crippen molar-refractivity contribution in [1.29, 1.82) is 0 Å². The SMILES string of the molecule is COC(=O)[C@H](C)N(Cc1ccccc1)C(=O)Cc1c(C)nc2ccccc2c1C. The molecular weight excluding hydrogens is 364 g/mol.